The van der Waals surface area contributed by atoms with E-state index in [-0.39, 0.29) is 18.0 Å². The van der Waals surface area contributed by atoms with Gasteiger partial charge in [-0.15, -0.1) is 0 Å². The highest BCUT2D eigenvalue weighted by molar-refractivity contribution is 7.89. The van der Waals surface area contributed by atoms with Crippen LogP contribution in [-0.2, 0) is 23.0 Å². The molecule has 3 aromatic rings. The first-order chi connectivity index (χ1) is 15.5. The summed E-state index contributed by atoms with van der Waals surface area (Å²) in [5, 5.41) is 7.57. The number of nitrogens with zero attached hydrogens (tertiary/aromatic N) is 5. The molecule has 3 aromatic heterocycles. The number of piperidine rings is 1. The summed E-state index contributed by atoms with van der Waals surface area (Å²) in [5.41, 5.74) is 1.65. The first-order valence-corrected chi connectivity index (χ1v) is 12.4. The summed E-state index contributed by atoms with van der Waals surface area (Å²) in [6, 6.07) is 1.92. The average Bonchev–Trinajstić information content (AvgIpc) is 3.46. The van der Waals surface area contributed by atoms with Gasteiger partial charge in [-0.1, -0.05) is 11.6 Å². The Morgan fingerprint density at radius 3 is 2.88 bits per heavy atom. The normalized spacial score (nSPS) is 17.4. The Labute approximate surface area is 185 Å². The topological polar surface area (TPSA) is 137 Å². The molecule has 0 bridgehead atoms. The monoisotopic (exact) mass is 459 g/mol. The number of fused-ring (bicyclic) bond motifs is 2. The number of aromatic nitrogens is 4. The zero-order valence-corrected chi connectivity index (χ0v) is 18.4. The lowest BCUT2D eigenvalue weighted by Crippen LogP contribution is -2.40. The van der Waals surface area contributed by atoms with Crippen molar-refractivity contribution in [1.29, 1.82) is 0 Å². The van der Waals surface area contributed by atoms with Crippen LogP contribution >= 0.6 is 0 Å². The third-order valence-corrected chi connectivity index (χ3v) is 7.90. The van der Waals surface area contributed by atoms with Gasteiger partial charge in [-0.05, 0) is 18.9 Å². The largest absolute Gasteiger partial charge is 0.360 e. The Morgan fingerprint density at radius 1 is 1.19 bits per heavy atom. The van der Waals surface area contributed by atoms with Crippen LogP contribution in [0.1, 0.15) is 41.1 Å². The average molecular weight is 460 g/mol. The number of aromatic amines is 1. The molecule has 170 valence electrons. The fourth-order valence-corrected chi connectivity index (χ4v) is 5.76. The van der Waals surface area contributed by atoms with E-state index < -0.39 is 15.9 Å². The first-order valence-electron chi connectivity index (χ1n) is 10.8. The number of carbonyl (C=O) groups excluding carboxylic acids is 1. The lowest BCUT2D eigenvalue weighted by atomic mass is 10.1. The fraction of sp³-hybridized carbons (Fsp3) is 0.500. The number of nitrogens with one attached hydrogen (secondary N) is 2. The van der Waals surface area contributed by atoms with Gasteiger partial charge in [0.2, 0.25) is 10.0 Å². The van der Waals surface area contributed by atoms with Gasteiger partial charge in [0.15, 0.2) is 5.69 Å². The second kappa shape index (κ2) is 8.51. The van der Waals surface area contributed by atoms with Crippen molar-refractivity contribution >= 4 is 32.8 Å². The number of carbonyl (C=O) groups is 1. The molecule has 0 aromatic carbocycles. The molecule has 1 fully saturated rings. The Kier molecular flexibility index (Phi) is 5.55. The minimum absolute atomic E-state index is 0.0267. The van der Waals surface area contributed by atoms with E-state index in [9.17, 15) is 13.2 Å². The van der Waals surface area contributed by atoms with Crippen LogP contribution < -0.4 is 10.2 Å². The van der Waals surface area contributed by atoms with E-state index in [1.807, 2.05) is 12.3 Å². The maximum atomic E-state index is 12.8. The molecule has 2 N–H and O–H groups in total. The lowest BCUT2D eigenvalue weighted by molar-refractivity contribution is 0.0946. The summed E-state index contributed by atoms with van der Waals surface area (Å²) >= 11 is 0. The summed E-state index contributed by atoms with van der Waals surface area (Å²) in [5.74, 6) is 0.895. The van der Waals surface area contributed by atoms with Crippen LogP contribution in [0.15, 0.2) is 23.1 Å². The predicted octanol–water partition coefficient (Wildman–Crippen LogP) is 1.05. The summed E-state index contributed by atoms with van der Waals surface area (Å²) < 4.78 is 31.9. The van der Waals surface area contributed by atoms with Crippen molar-refractivity contribution in [3.8, 4) is 0 Å². The highest BCUT2D eigenvalue weighted by Crippen LogP contribution is 2.29. The van der Waals surface area contributed by atoms with Crippen molar-refractivity contribution in [1.82, 2.24) is 29.7 Å². The lowest BCUT2D eigenvalue weighted by Gasteiger charge is -2.27. The zero-order chi connectivity index (χ0) is 22.1. The standard InChI is InChI=1S/C20H25N7O4S/c28-20(22-7-11-32(29,30)27-8-2-1-3-9-27)17-15-12-26(10-5-16(15)31-25-17)19-14-4-6-21-18(14)23-13-24-19/h4,6,13H,1-3,5,7-12H2,(H,22,28)(H,21,23,24). The Balaban J connectivity index is 1.26. The summed E-state index contributed by atoms with van der Waals surface area (Å²) in [6.45, 7) is 2.24. The molecule has 1 saturated heterocycles. The van der Waals surface area contributed by atoms with Gasteiger partial charge in [0.05, 0.1) is 17.7 Å². The van der Waals surface area contributed by atoms with E-state index in [0.717, 1.165) is 36.1 Å². The summed E-state index contributed by atoms with van der Waals surface area (Å²) in [4.78, 5) is 26.6. The molecule has 0 aliphatic carbocycles. The van der Waals surface area contributed by atoms with Gasteiger partial charge in [0, 0.05) is 44.4 Å². The molecule has 0 spiro atoms. The third-order valence-electron chi connectivity index (χ3n) is 6.03. The molecule has 0 atom stereocenters. The molecule has 5 rings (SSSR count). The predicted molar refractivity (Wildman–Crippen MR) is 117 cm³/mol. The maximum Gasteiger partial charge on any atom is 0.273 e. The second-order valence-corrected chi connectivity index (χ2v) is 10.2. The Bertz CT molecular complexity index is 1230. The van der Waals surface area contributed by atoms with Gasteiger partial charge in [0.1, 0.15) is 23.6 Å². The van der Waals surface area contributed by atoms with Gasteiger partial charge >= 0.3 is 0 Å². The van der Waals surface area contributed by atoms with Crippen molar-refractivity contribution < 1.29 is 17.7 Å². The van der Waals surface area contributed by atoms with Crippen molar-refractivity contribution in [2.45, 2.75) is 32.2 Å². The Hall–Kier alpha value is -2.99. The van der Waals surface area contributed by atoms with Crippen LogP contribution in [0.2, 0.25) is 0 Å². The molecule has 0 radical (unpaired) electrons. The highest BCUT2D eigenvalue weighted by Gasteiger charge is 2.29. The van der Waals surface area contributed by atoms with E-state index in [0.29, 0.717) is 43.9 Å². The summed E-state index contributed by atoms with van der Waals surface area (Å²) in [6.07, 6.45) is 6.74. The molecule has 12 heteroatoms. The maximum absolute atomic E-state index is 12.8. The van der Waals surface area contributed by atoms with Gasteiger partial charge in [-0.25, -0.2) is 22.7 Å². The Morgan fingerprint density at radius 2 is 2.03 bits per heavy atom. The summed E-state index contributed by atoms with van der Waals surface area (Å²) in [7, 11) is -3.38. The molecule has 0 unspecified atom stereocenters. The SMILES string of the molecule is O=C(NCCS(=O)(=O)N1CCCCC1)c1noc2c1CN(c1ncnc3[nH]ccc13)CC2. The van der Waals surface area contributed by atoms with Crippen molar-refractivity contribution in [2.24, 2.45) is 0 Å². The molecule has 5 heterocycles. The molecule has 32 heavy (non-hydrogen) atoms. The van der Waals surface area contributed by atoms with Crippen LogP contribution in [0.5, 0.6) is 0 Å². The van der Waals surface area contributed by atoms with E-state index in [1.165, 1.54) is 10.6 Å². The van der Waals surface area contributed by atoms with Crippen LogP contribution in [0.25, 0.3) is 11.0 Å². The van der Waals surface area contributed by atoms with E-state index in [2.05, 4.69) is 30.3 Å². The molecule has 11 nitrogen and oxygen atoms in total. The van der Waals surface area contributed by atoms with Gasteiger partial charge in [0.25, 0.3) is 5.91 Å². The number of amides is 1. The van der Waals surface area contributed by atoms with E-state index in [4.69, 9.17) is 4.52 Å². The highest BCUT2D eigenvalue weighted by atomic mass is 32.2. The number of rotatable bonds is 6. The van der Waals surface area contributed by atoms with E-state index in [1.54, 1.807) is 0 Å². The number of H-pyrrole nitrogens is 1. The van der Waals surface area contributed by atoms with E-state index >= 15 is 0 Å². The van der Waals surface area contributed by atoms with Crippen LogP contribution in [-0.4, -0.2) is 70.7 Å². The van der Waals surface area contributed by atoms with Crippen LogP contribution in [0.4, 0.5) is 5.82 Å². The second-order valence-electron chi connectivity index (χ2n) is 8.07. The van der Waals surface area contributed by atoms with Crippen LogP contribution in [0.3, 0.4) is 0 Å². The number of anilines is 1. The molecule has 1 amide bonds. The molecule has 0 saturated carbocycles. The molecular weight excluding hydrogens is 434 g/mol. The van der Waals surface area contributed by atoms with Gasteiger partial charge in [-0.3, -0.25) is 4.79 Å². The molecule has 2 aliphatic rings. The third kappa shape index (κ3) is 3.95. The zero-order valence-electron chi connectivity index (χ0n) is 17.6. The minimum atomic E-state index is -3.38. The number of hydrogen-bond acceptors (Lipinski definition) is 8. The quantitative estimate of drug-likeness (QED) is 0.558. The van der Waals surface area contributed by atoms with Crippen molar-refractivity contribution in [3.05, 3.63) is 35.6 Å². The molecular formula is C20H25N7O4S. The number of hydrogen-bond donors (Lipinski definition) is 2. The minimum Gasteiger partial charge on any atom is -0.360 e. The van der Waals surface area contributed by atoms with Crippen molar-refractivity contribution in [3.63, 3.8) is 0 Å². The van der Waals surface area contributed by atoms with Gasteiger partial charge < -0.3 is 19.7 Å². The smallest absolute Gasteiger partial charge is 0.273 e. The number of sulfonamides is 1. The fourth-order valence-electron chi connectivity index (χ4n) is 4.33. The van der Waals surface area contributed by atoms with Crippen molar-refractivity contribution in [2.75, 3.05) is 36.8 Å². The van der Waals surface area contributed by atoms with Gasteiger partial charge in [-0.2, -0.15) is 0 Å². The molecule has 2 aliphatic heterocycles. The van der Waals surface area contributed by atoms with Crippen LogP contribution in [0, 0.1) is 0 Å². The first kappa shape index (κ1) is 20.9.